The molecule has 0 aliphatic carbocycles. The average Bonchev–Trinajstić information content (AvgIpc) is 2.92. The van der Waals surface area contributed by atoms with Crippen LogP contribution in [0.2, 0.25) is 5.15 Å². The molecule has 1 N–H and O–H groups in total. The number of hydrogen-bond acceptors (Lipinski definition) is 7. The number of halogens is 1. The molecule has 0 unspecified atom stereocenters. The topological polar surface area (TPSA) is 64.6 Å². The summed E-state index contributed by atoms with van der Waals surface area (Å²) in [5, 5.41) is 4.10. The maximum atomic E-state index is 12.7. The fraction of sp³-hybridized carbons (Fsp3) is 0.414. The van der Waals surface area contributed by atoms with Crippen molar-refractivity contribution in [1.82, 2.24) is 25.1 Å². The van der Waals surface area contributed by atoms with E-state index in [9.17, 15) is 4.79 Å². The van der Waals surface area contributed by atoms with Gasteiger partial charge in [0.25, 0.3) is 0 Å². The largest absolute Gasteiger partial charge is 0.353 e. The zero-order chi connectivity index (χ0) is 26.7. The summed E-state index contributed by atoms with van der Waals surface area (Å²) >= 11 is 7.73. The van der Waals surface area contributed by atoms with Crippen LogP contribution in [0.1, 0.15) is 24.0 Å². The van der Waals surface area contributed by atoms with Crippen molar-refractivity contribution in [2.45, 2.75) is 37.1 Å². The highest BCUT2D eigenvalue weighted by Gasteiger charge is 2.21. The standard InChI is InChI=1S/C29H37ClN6OS/c1-34(2)17-18-36(21-24-11-7-4-8-12-24)27-19-26(30)32-29(33-27)38-22-28(37)31-25-13-15-35(16-14-25)20-23-9-5-3-6-10-23/h3-12,19,25H,13-18,20-22H2,1-2H3,(H,31,37). The Bertz CT molecular complexity index is 1140. The summed E-state index contributed by atoms with van der Waals surface area (Å²) in [5.41, 5.74) is 2.53. The van der Waals surface area contributed by atoms with Gasteiger partial charge in [-0.1, -0.05) is 84.0 Å². The van der Waals surface area contributed by atoms with Crippen LogP contribution >= 0.6 is 23.4 Å². The van der Waals surface area contributed by atoms with Crippen molar-refractivity contribution in [2.75, 3.05) is 50.9 Å². The lowest BCUT2D eigenvalue weighted by atomic mass is 10.0. The summed E-state index contributed by atoms with van der Waals surface area (Å²) in [5.74, 6) is 1.04. The summed E-state index contributed by atoms with van der Waals surface area (Å²) < 4.78 is 0. The Kier molecular flexibility index (Phi) is 10.8. The van der Waals surface area contributed by atoms with E-state index in [-0.39, 0.29) is 17.7 Å². The molecule has 38 heavy (non-hydrogen) atoms. The molecular formula is C29H37ClN6OS. The van der Waals surface area contributed by atoms with Crippen LogP contribution in [-0.4, -0.2) is 77.7 Å². The highest BCUT2D eigenvalue weighted by molar-refractivity contribution is 7.99. The van der Waals surface area contributed by atoms with Crippen LogP contribution in [0, 0.1) is 0 Å². The van der Waals surface area contributed by atoms with Gasteiger partial charge < -0.3 is 15.1 Å². The smallest absolute Gasteiger partial charge is 0.230 e. The number of hydrogen-bond donors (Lipinski definition) is 1. The first-order valence-corrected chi connectivity index (χ1v) is 14.5. The summed E-state index contributed by atoms with van der Waals surface area (Å²) in [7, 11) is 4.11. The second-order valence-corrected chi connectivity index (χ2v) is 11.3. The van der Waals surface area contributed by atoms with Crippen LogP contribution in [0.5, 0.6) is 0 Å². The minimum Gasteiger partial charge on any atom is -0.353 e. The summed E-state index contributed by atoms with van der Waals surface area (Å²) in [6.45, 7) is 5.32. The third-order valence-corrected chi connectivity index (χ3v) is 7.59. The van der Waals surface area contributed by atoms with E-state index in [0.29, 0.717) is 10.3 Å². The Labute approximate surface area is 235 Å². The summed E-state index contributed by atoms with van der Waals surface area (Å²) in [6.07, 6.45) is 1.92. The van der Waals surface area contributed by atoms with Crippen LogP contribution < -0.4 is 10.2 Å². The van der Waals surface area contributed by atoms with E-state index in [1.165, 1.54) is 22.9 Å². The number of aromatic nitrogens is 2. The summed E-state index contributed by atoms with van der Waals surface area (Å²) in [6, 6.07) is 22.9. The number of nitrogens with zero attached hydrogens (tertiary/aromatic N) is 5. The number of thioether (sulfide) groups is 1. The lowest BCUT2D eigenvalue weighted by Gasteiger charge is -2.32. The first-order chi connectivity index (χ1) is 18.4. The maximum absolute atomic E-state index is 12.7. The van der Waals surface area contributed by atoms with Gasteiger partial charge in [-0.25, -0.2) is 9.97 Å². The van der Waals surface area contributed by atoms with Crippen LogP contribution in [0.4, 0.5) is 5.82 Å². The molecule has 1 saturated heterocycles. The highest BCUT2D eigenvalue weighted by Crippen LogP contribution is 2.23. The molecule has 1 amide bonds. The molecule has 7 nitrogen and oxygen atoms in total. The van der Waals surface area contributed by atoms with Crippen LogP contribution in [0.3, 0.4) is 0 Å². The van der Waals surface area contributed by atoms with Gasteiger partial charge in [-0.3, -0.25) is 9.69 Å². The molecule has 202 valence electrons. The monoisotopic (exact) mass is 552 g/mol. The van der Waals surface area contributed by atoms with Crippen molar-refractivity contribution in [3.63, 3.8) is 0 Å². The first kappa shape index (κ1) is 28.4. The van der Waals surface area contributed by atoms with Crippen molar-refractivity contribution >= 4 is 35.1 Å². The molecule has 2 heterocycles. The van der Waals surface area contributed by atoms with Gasteiger partial charge in [0.1, 0.15) is 11.0 Å². The molecule has 1 aliphatic heterocycles. The molecule has 0 saturated carbocycles. The van der Waals surface area contributed by atoms with E-state index >= 15 is 0 Å². The number of rotatable bonds is 12. The van der Waals surface area contributed by atoms with E-state index in [2.05, 4.69) is 75.5 Å². The van der Waals surface area contributed by atoms with Crippen molar-refractivity contribution < 1.29 is 4.79 Å². The molecule has 2 aromatic carbocycles. The number of amides is 1. The van der Waals surface area contributed by atoms with Crippen LogP contribution in [0.15, 0.2) is 71.9 Å². The molecule has 1 fully saturated rings. The van der Waals surface area contributed by atoms with Gasteiger partial charge in [0.2, 0.25) is 5.91 Å². The van der Waals surface area contributed by atoms with E-state index in [4.69, 9.17) is 16.6 Å². The molecule has 1 aromatic heterocycles. The first-order valence-electron chi connectivity index (χ1n) is 13.1. The van der Waals surface area contributed by atoms with Gasteiger partial charge in [0.15, 0.2) is 5.16 Å². The van der Waals surface area contributed by atoms with Gasteiger partial charge in [-0.15, -0.1) is 0 Å². The fourth-order valence-electron chi connectivity index (χ4n) is 4.49. The number of likely N-dealkylation sites (N-methyl/N-ethyl adjacent to an activating group) is 1. The van der Waals surface area contributed by atoms with Gasteiger partial charge in [-0.2, -0.15) is 0 Å². The Morgan fingerprint density at radius 2 is 1.66 bits per heavy atom. The molecule has 0 radical (unpaired) electrons. The molecule has 3 aromatic rings. The number of likely N-dealkylation sites (tertiary alicyclic amines) is 1. The lowest BCUT2D eigenvalue weighted by molar-refractivity contribution is -0.119. The van der Waals surface area contributed by atoms with E-state index in [1.807, 2.05) is 24.3 Å². The molecule has 0 bridgehead atoms. The molecule has 0 spiro atoms. The lowest BCUT2D eigenvalue weighted by Crippen LogP contribution is -2.44. The minimum absolute atomic E-state index is 0.00962. The number of nitrogens with one attached hydrogen (secondary N) is 1. The molecule has 4 rings (SSSR count). The highest BCUT2D eigenvalue weighted by atomic mass is 35.5. The third-order valence-electron chi connectivity index (χ3n) is 6.55. The predicted octanol–water partition coefficient (Wildman–Crippen LogP) is 4.57. The molecular weight excluding hydrogens is 516 g/mol. The predicted molar refractivity (Wildman–Crippen MR) is 157 cm³/mol. The Balaban J connectivity index is 1.29. The summed E-state index contributed by atoms with van der Waals surface area (Å²) in [4.78, 5) is 28.7. The molecule has 1 aliphatic rings. The second-order valence-electron chi connectivity index (χ2n) is 9.93. The van der Waals surface area contributed by atoms with Crippen molar-refractivity contribution in [1.29, 1.82) is 0 Å². The van der Waals surface area contributed by atoms with Crippen LogP contribution in [0.25, 0.3) is 0 Å². The van der Waals surface area contributed by atoms with Crippen molar-refractivity contribution in [2.24, 2.45) is 0 Å². The van der Waals surface area contributed by atoms with Crippen LogP contribution in [-0.2, 0) is 17.9 Å². The van der Waals surface area contributed by atoms with E-state index in [1.54, 1.807) is 6.07 Å². The van der Waals surface area contributed by atoms with E-state index in [0.717, 1.165) is 57.9 Å². The SMILES string of the molecule is CN(C)CCN(Cc1ccccc1)c1cc(Cl)nc(SCC(=O)NC2CCN(Cc3ccccc3)CC2)n1. The van der Waals surface area contributed by atoms with Gasteiger partial charge in [0.05, 0.1) is 5.75 Å². The Hall–Kier alpha value is -2.65. The Morgan fingerprint density at radius 1 is 1.00 bits per heavy atom. The van der Waals surface area contributed by atoms with Gasteiger partial charge in [-0.05, 0) is 38.1 Å². The van der Waals surface area contributed by atoms with E-state index < -0.39 is 0 Å². The zero-order valence-electron chi connectivity index (χ0n) is 22.2. The molecule has 9 heteroatoms. The van der Waals surface area contributed by atoms with Crippen molar-refractivity contribution in [3.8, 4) is 0 Å². The number of benzene rings is 2. The number of anilines is 1. The fourth-order valence-corrected chi connectivity index (χ4v) is 5.38. The second kappa shape index (κ2) is 14.5. The maximum Gasteiger partial charge on any atom is 0.230 e. The number of carbonyl (C=O) groups excluding carboxylic acids is 1. The quantitative estimate of drug-likeness (QED) is 0.200. The number of carbonyl (C=O) groups is 1. The normalized spacial score (nSPS) is 14.5. The third kappa shape index (κ3) is 9.27. The van der Waals surface area contributed by atoms with Crippen molar-refractivity contribution in [3.05, 3.63) is 83.0 Å². The average molecular weight is 553 g/mol. The van der Waals surface area contributed by atoms with Gasteiger partial charge in [0, 0.05) is 51.4 Å². The van der Waals surface area contributed by atoms with Gasteiger partial charge >= 0.3 is 0 Å². The Morgan fingerprint density at radius 3 is 2.32 bits per heavy atom. The molecule has 0 atom stereocenters. The zero-order valence-corrected chi connectivity index (χ0v) is 23.8. The minimum atomic E-state index is 0.00962. The number of piperidine rings is 1.